The molecule has 0 N–H and O–H groups in total. The molecule has 1 heterocycles. The maximum atomic E-state index is 13.2. The molecular formula is C22H32N2O3. The first kappa shape index (κ1) is 19.7. The van der Waals surface area contributed by atoms with Gasteiger partial charge >= 0.3 is 0 Å². The third-order valence-electron chi connectivity index (χ3n) is 5.85. The highest BCUT2D eigenvalue weighted by Gasteiger charge is 2.31. The molecule has 5 heteroatoms. The zero-order chi connectivity index (χ0) is 19.6. The van der Waals surface area contributed by atoms with Crippen LogP contribution in [-0.2, 0) is 10.2 Å². The summed E-state index contributed by atoms with van der Waals surface area (Å²) in [5.41, 5.74) is 1.69. The maximum Gasteiger partial charge on any atom is 0.257 e. The monoisotopic (exact) mass is 372 g/mol. The lowest BCUT2D eigenvalue weighted by atomic mass is 9.84. The molecule has 1 aliphatic carbocycles. The molecule has 0 aromatic heterocycles. The topological polar surface area (TPSA) is 49.9 Å². The maximum absolute atomic E-state index is 13.2. The second-order valence-electron chi connectivity index (χ2n) is 8.76. The molecule has 0 radical (unpaired) electrons. The van der Waals surface area contributed by atoms with Crippen LogP contribution in [0, 0.1) is 5.92 Å². The van der Waals surface area contributed by atoms with E-state index >= 15 is 0 Å². The van der Waals surface area contributed by atoms with Crippen molar-refractivity contribution in [2.75, 3.05) is 33.3 Å². The molecule has 3 rings (SSSR count). The molecule has 0 spiro atoms. The molecule has 1 aromatic carbocycles. The normalized spacial score (nSPS) is 18.7. The third kappa shape index (κ3) is 4.28. The van der Waals surface area contributed by atoms with Gasteiger partial charge in [0, 0.05) is 32.1 Å². The molecule has 148 valence electrons. The fourth-order valence-electron chi connectivity index (χ4n) is 3.77. The highest BCUT2D eigenvalue weighted by Crippen LogP contribution is 2.30. The molecule has 27 heavy (non-hydrogen) atoms. The van der Waals surface area contributed by atoms with Crippen LogP contribution in [0.2, 0.25) is 0 Å². The van der Waals surface area contributed by atoms with Crippen LogP contribution >= 0.6 is 0 Å². The first-order valence-electron chi connectivity index (χ1n) is 10.1. The number of carbonyl (C=O) groups is 2. The van der Waals surface area contributed by atoms with Crippen molar-refractivity contribution >= 4 is 11.8 Å². The highest BCUT2D eigenvalue weighted by molar-refractivity contribution is 5.97. The van der Waals surface area contributed by atoms with Crippen LogP contribution in [0.15, 0.2) is 18.2 Å². The van der Waals surface area contributed by atoms with E-state index in [9.17, 15) is 9.59 Å². The lowest BCUT2D eigenvalue weighted by Gasteiger charge is -2.31. The Morgan fingerprint density at radius 1 is 1.00 bits per heavy atom. The van der Waals surface area contributed by atoms with Gasteiger partial charge in [-0.1, -0.05) is 33.3 Å². The number of hydrogen-bond donors (Lipinski definition) is 0. The fourth-order valence-corrected chi connectivity index (χ4v) is 3.77. The summed E-state index contributed by atoms with van der Waals surface area (Å²) >= 11 is 0. The van der Waals surface area contributed by atoms with E-state index < -0.39 is 0 Å². The van der Waals surface area contributed by atoms with Gasteiger partial charge in [0.2, 0.25) is 5.91 Å². The summed E-state index contributed by atoms with van der Waals surface area (Å²) in [5.74, 6) is 1.11. The van der Waals surface area contributed by atoms with Crippen LogP contribution in [0.3, 0.4) is 0 Å². The molecule has 1 saturated heterocycles. The Hall–Kier alpha value is -2.04. The predicted octanol–water partition coefficient (Wildman–Crippen LogP) is 3.47. The molecule has 1 aliphatic heterocycles. The van der Waals surface area contributed by atoms with Crippen LogP contribution in [0.25, 0.3) is 0 Å². The van der Waals surface area contributed by atoms with Gasteiger partial charge in [-0.15, -0.1) is 0 Å². The molecular weight excluding hydrogens is 340 g/mol. The van der Waals surface area contributed by atoms with E-state index in [0.717, 1.165) is 31.4 Å². The van der Waals surface area contributed by atoms with Gasteiger partial charge in [0.15, 0.2) is 0 Å². The Labute approximate surface area is 162 Å². The number of rotatable bonds is 3. The molecule has 2 aliphatic rings. The minimum atomic E-state index is -0.0356. The van der Waals surface area contributed by atoms with Gasteiger partial charge in [0.25, 0.3) is 5.91 Å². The van der Waals surface area contributed by atoms with Crippen LogP contribution < -0.4 is 4.74 Å². The standard InChI is InChI=1S/C22H32N2O3/c1-22(2,3)17-9-10-19(27-4)18(15-17)21(26)24-12-6-11-23(13-14-24)20(25)16-7-5-8-16/h9-10,15-16H,5-8,11-14H2,1-4H3. The highest BCUT2D eigenvalue weighted by atomic mass is 16.5. The quantitative estimate of drug-likeness (QED) is 0.816. The van der Waals surface area contributed by atoms with E-state index in [1.165, 1.54) is 6.42 Å². The van der Waals surface area contributed by atoms with Crippen LogP contribution in [0.1, 0.15) is 62.4 Å². The van der Waals surface area contributed by atoms with E-state index in [1.54, 1.807) is 7.11 Å². The summed E-state index contributed by atoms with van der Waals surface area (Å²) in [4.78, 5) is 29.6. The van der Waals surface area contributed by atoms with Gasteiger partial charge in [-0.3, -0.25) is 9.59 Å². The first-order valence-corrected chi connectivity index (χ1v) is 10.1. The average molecular weight is 373 g/mol. The number of nitrogens with zero attached hydrogens (tertiary/aromatic N) is 2. The molecule has 0 unspecified atom stereocenters. The SMILES string of the molecule is COc1ccc(C(C)(C)C)cc1C(=O)N1CCCN(C(=O)C2CCC2)CC1. The van der Waals surface area contributed by atoms with Crippen molar-refractivity contribution in [2.45, 2.75) is 51.9 Å². The predicted molar refractivity (Wildman–Crippen MR) is 106 cm³/mol. The van der Waals surface area contributed by atoms with Crippen LogP contribution in [-0.4, -0.2) is 54.9 Å². The Morgan fingerprint density at radius 3 is 2.26 bits per heavy atom. The van der Waals surface area contributed by atoms with Crippen molar-refractivity contribution in [1.82, 2.24) is 9.80 Å². The first-order chi connectivity index (χ1) is 12.8. The van der Waals surface area contributed by atoms with Crippen molar-refractivity contribution < 1.29 is 14.3 Å². The summed E-state index contributed by atoms with van der Waals surface area (Å²) in [5, 5.41) is 0. The average Bonchev–Trinajstić information content (AvgIpc) is 2.84. The smallest absolute Gasteiger partial charge is 0.257 e. The number of ether oxygens (including phenoxy) is 1. The van der Waals surface area contributed by atoms with E-state index in [1.807, 2.05) is 28.0 Å². The van der Waals surface area contributed by atoms with Crippen molar-refractivity contribution in [1.29, 1.82) is 0 Å². The van der Waals surface area contributed by atoms with Gasteiger partial charge in [0.05, 0.1) is 12.7 Å². The number of carbonyl (C=O) groups excluding carboxylic acids is 2. The molecule has 1 aromatic rings. The Kier molecular flexibility index (Phi) is 5.78. The molecule has 5 nitrogen and oxygen atoms in total. The second-order valence-corrected chi connectivity index (χ2v) is 8.76. The molecule has 0 atom stereocenters. The molecule has 2 fully saturated rings. The van der Waals surface area contributed by atoms with Crippen molar-refractivity contribution in [3.05, 3.63) is 29.3 Å². The number of benzene rings is 1. The van der Waals surface area contributed by atoms with Gasteiger partial charge in [-0.25, -0.2) is 0 Å². The molecule has 1 saturated carbocycles. The fraction of sp³-hybridized carbons (Fsp3) is 0.636. The lowest BCUT2D eigenvalue weighted by molar-refractivity contribution is -0.138. The Morgan fingerprint density at radius 2 is 1.67 bits per heavy atom. The number of amides is 2. The summed E-state index contributed by atoms with van der Waals surface area (Å²) in [7, 11) is 1.60. The van der Waals surface area contributed by atoms with E-state index in [0.29, 0.717) is 30.9 Å². The Bertz CT molecular complexity index is 704. The third-order valence-corrected chi connectivity index (χ3v) is 5.85. The number of methoxy groups -OCH3 is 1. The van der Waals surface area contributed by atoms with Crippen LogP contribution in [0.4, 0.5) is 0 Å². The zero-order valence-electron chi connectivity index (χ0n) is 17.1. The van der Waals surface area contributed by atoms with Gasteiger partial charge in [0.1, 0.15) is 5.75 Å². The molecule has 2 amide bonds. The summed E-state index contributed by atoms with van der Waals surface area (Å²) < 4.78 is 5.46. The summed E-state index contributed by atoms with van der Waals surface area (Å²) in [6, 6.07) is 5.87. The van der Waals surface area contributed by atoms with Crippen molar-refractivity contribution in [2.24, 2.45) is 5.92 Å². The largest absolute Gasteiger partial charge is 0.496 e. The minimum Gasteiger partial charge on any atom is -0.496 e. The molecule has 0 bridgehead atoms. The second kappa shape index (κ2) is 7.91. The summed E-state index contributed by atoms with van der Waals surface area (Å²) in [6.07, 6.45) is 4.04. The Balaban J connectivity index is 1.74. The van der Waals surface area contributed by atoms with Crippen molar-refractivity contribution in [3.8, 4) is 5.75 Å². The van der Waals surface area contributed by atoms with Gasteiger partial charge in [-0.2, -0.15) is 0 Å². The van der Waals surface area contributed by atoms with Crippen molar-refractivity contribution in [3.63, 3.8) is 0 Å². The number of hydrogen-bond acceptors (Lipinski definition) is 3. The lowest BCUT2D eigenvalue weighted by Crippen LogP contribution is -2.41. The van der Waals surface area contributed by atoms with Gasteiger partial charge in [-0.05, 0) is 42.4 Å². The van der Waals surface area contributed by atoms with E-state index in [-0.39, 0.29) is 23.1 Å². The van der Waals surface area contributed by atoms with Gasteiger partial charge < -0.3 is 14.5 Å². The van der Waals surface area contributed by atoms with E-state index in [4.69, 9.17) is 4.74 Å². The summed E-state index contributed by atoms with van der Waals surface area (Å²) in [6.45, 7) is 9.05. The van der Waals surface area contributed by atoms with E-state index in [2.05, 4.69) is 20.8 Å². The zero-order valence-corrected chi connectivity index (χ0v) is 17.1. The van der Waals surface area contributed by atoms with Crippen LogP contribution in [0.5, 0.6) is 5.75 Å². The minimum absolute atomic E-state index is 0.00380.